The highest BCUT2D eigenvalue weighted by Crippen LogP contribution is 2.23. The normalized spacial score (nSPS) is 17.5. The average Bonchev–Trinajstić information content (AvgIpc) is 3.16. The first kappa shape index (κ1) is 42.6. The molecule has 0 aliphatic carbocycles. The van der Waals surface area contributed by atoms with Gasteiger partial charge in [0.15, 0.2) is 5.78 Å². The van der Waals surface area contributed by atoms with Gasteiger partial charge in [-0.15, -0.1) is 0 Å². The summed E-state index contributed by atoms with van der Waals surface area (Å²) in [5.74, 6) is -2.23. The Kier molecular flexibility index (Phi) is 17.1. The largest absolute Gasteiger partial charge is 0.453 e. The Bertz CT molecular complexity index is 1540. The SMILES string of the molecule is CC(C)C[C@@H](CC(=O)[C@@H](Cc1ccccc1)NC(=O)[C@H]1Cc2ccccc2CN1)C(=O)N[C@H](CCCCN)C(=O)N1CCC(C(=O)NCCB(O)O)CC1. The Labute approximate surface area is 319 Å². The fourth-order valence-electron chi connectivity index (χ4n) is 7.34. The summed E-state index contributed by atoms with van der Waals surface area (Å²) in [6.45, 7) is 5.81. The maximum Gasteiger partial charge on any atom is 0.453 e. The zero-order chi connectivity index (χ0) is 39.0. The molecule has 294 valence electrons. The van der Waals surface area contributed by atoms with Crippen molar-refractivity contribution in [1.82, 2.24) is 26.2 Å². The first-order valence-corrected chi connectivity index (χ1v) is 19.5. The van der Waals surface area contributed by atoms with E-state index >= 15 is 0 Å². The second-order valence-electron chi connectivity index (χ2n) is 15.2. The van der Waals surface area contributed by atoms with Crippen LogP contribution in [0.15, 0.2) is 54.6 Å². The van der Waals surface area contributed by atoms with Gasteiger partial charge in [0.1, 0.15) is 6.04 Å². The van der Waals surface area contributed by atoms with E-state index in [0.717, 1.165) is 16.7 Å². The van der Waals surface area contributed by atoms with Crippen LogP contribution < -0.4 is 27.0 Å². The number of hydrogen-bond acceptors (Lipinski definition) is 9. The van der Waals surface area contributed by atoms with E-state index in [4.69, 9.17) is 15.8 Å². The van der Waals surface area contributed by atoms with Gasteiger partial charge >= 0.3 is 7.12 Å². The molecule has 0 aromatic heterocycles. The van der Waals surface area contributed by atoms with Crippen LogP contribution in [0.5, 0.6) is 0 Å². The van der Waals surface area contributed by atoms with Gasteiger partial charge < -0.3 is 41.9 Å². The highest BCUT2D eigenvalue weighted by molar-refractivity contribution is 6.41. The van der Waals surface area contributed by atoms with Crippen molar-refractivity contribution in [2.24, 2.45) is 23.5 Å². The van der Waals surface area contributed by atoms with Crippen molar-refractivity contribution in [3.8, 4) is 0 Å². The molecule has 1 saturated heterocycles. The minimum atomic E-state index is -1.49. The van der Waals surface area contributed by atoms with Crippen molar-refractivity contribution < 1.29 is 34.0 Å². The molecule has 4 rings (SSSR count). The molecule has 4 amide bonds. The molecule has 2 aromatic carbocycles. The van der Waals surface area contributed by atoms with Crippen molar-refractivity contribution in [2.75, 3.05) is 26.2 Å². The quantitative estimate of drug-likeness (QED) is 0.0774. The third kappa shape index (κ3) is 13.3. The zero-order valence-corrected chi connectivity index (χ0v) is 31.8. The predicted molar refractivity (Wildman–Crippen MR) is 208 cm³/mol. The van der Waals surface area contributed by atoms with E-state index < -0.39 is 31.2 Å². The molecule has 2 aliphatic rings. The van der Waals surface area contributed by atoms with Crippen LogP contribution in [0.4, 0.5) is 0 Å². The van der Waals surface area contributed by atoms with E-state index in [2.05, 4.69) is 21.3 Å². The van der Waals surface area contributed by atoms with Crippen molar-refractivity contribution in [2.45, 2.75) is 103 Å². The summed E-state index contributed by atoms with van der Waals surface area (Å²) in [4.78, 5) is 70.0. The number of piperidine rings is 1. The second-order valence-corrected chi connectivity index (χ2v) is 15.2. The van der Waals surface area contributed by atoms with Crippen LogP contribution in [0.3, 0.4) is 0 Å². The van der Waals surface area contributed by atoms with Crippen molar-refractivity contribution in [3.63, 3.8) is 0 Å². The molecule has 8 N–H and O–H groups in total. The molecule has 1 fully saturated rings. The van der Waals surface area contributed by atoms with Gasteiger partial charge in [-0.1, -0.05) is 68.4 Å². The second kappa shape index (κ2) is 21.7. The molecule has 0 unspecified atom stereocenters. The Morgan fingerprint density at radius 2 is 1.59 bits per heavy atom. The number of benzene rings is 2. The number of hydrogen-bond donors (Lipinski definition) is 7. The summed E-state index contributed by atoms with van der Waals surface area (Å²) < 4.78 is 0. The van der Waals surface area contributed by atoms with Gasteiger partial charge in [0.05, 0.1) is 12.1 Å². The molecule has 54 heavy (non-hydrogen) atoms. The van der Waals surface area contributed by atoms with Gasteiger partial charge in [-0.3, -0.25) is 24.0 Å². The van der Waals surface area contributed by atoms with E-state index in [1.807, 2.05) is 68.4 Å². The smallest absolute Gasteiger partial charge is 0.427 e. The van der Waals surface area contributed by atoms with Gasteiger partial charge in [0.25, 0.3) is 0 Å². The van der Waals surface area contributed by atoms with Gasteiger partial charge in [0, 0.05) is 44.4 Å². The van der Waals surface area contributed by atoms with Gasteiger partial charge in [-0.25, -0.2) is 0 Å². The Morgan fingerprint density at radius 1 is 0.907 bits per heavy atom. The van der Waals surface area contributed by atoms with Crippen LogP contribution >= 0.6 is 0 Å². The first-order valence-electron chi connectivity index (χ1n) is 19.5. The number of carbonyl (C=O) groups is 5. The fraction of sp³-hybridized carbons (Fsp3) is 0.575. The molecule has 0 saturated carbocycles. The number of carbonyl (C=O) groups excluding carboxylic acids is 5. The average molecular weight is 747 g/mol. The van der Waals surface area contributed by atoms with Crippen molar-refractivity contribution >= 4 is 36.5 Å². The zero-order valence-electron chi connectivity index (χ0n) is 31.8. The highest BCUT2D eigenvalue weighted by Gasteiger charge is 2.35. The molecule has 2 heterocycles. The van der Waals surface area contributed by atoms with E-state index in [1.165, 1.54) is 0 Å². The Balaban J connectivity index is 1.43. The summed E-state index contributed by atoms with van der Waals surface area (Å²) in [6, 6.07) is 15.3. The number of likely N-dealkylation sites (tertiary alicyclic amines) is 1. The summed E-state index contributed by atoms with van der Waals surface area (Å²) in [7, 11) is -1.49. The highest BCUT2D eigenvalue weighted by atomic mass is 16.4. The van der Waals surface area contributed by atoms with E-state index in [0.29, 0.717) is 71.1 Å². The lowest BCUT2D eigenvalue weighted by Crippen LogP contribution is -2.54. The van der Waals surface area contributed by atoms with Gasteiger partial charge in [-0.05, 0) is 86.8 Å². The lowest BCUT2D eigenvalue weighted by Gasteiger charge is -2.34. The molecule has 0 spiro atoms. The number of nitrogens with two attached hydrogens (primary N) is 1. The van der Waals surface area contributed by atoms with Crippen LogP contribution in [0, 0.1) is 17.8 Å². The topological polar surface area (TPSA) is 203 Å². The number of rotatable bonds is 20. The third-order valence-corrected chi connectivity index (χ3v) is 10.4. The minimum Gasteiger partial charge on any atom is -0.427 e. The van der Waals surface area contributed by atoms with Gasteiger partial charge in [-0.2, -0.15) is 0 Å². The van der Waals surface area contributed by atoms with E-state index in [-0.39, 0.29) is 67.0 Å². The van der Waals surface area contributed by atoms with Crippen LogP contribution in [-0.2, 0) is 43.4 Å². The number of amides is 4. The lowest BCUT2D eigenvalue weighted by molar-refractivity contribution is -0.140. The summed E-state index contributed by atoms with van der Waals surface area (Å²) in [5.41, 5.74) is 8.88. The van der Waals surface area contributed by atoms with Crippen LogP contribution in [0.1, 0.15) is 75.5 Å². The van der Waals surface area contributed by atoms with Crippen LogP contribution in [-0.4, -0.2) is 95.8 Å². The van der Waals surface area contributed by atoms with Crippen molar-refractivity contribution in [3.05, 3.63) is 71.3 Å². The summed E-state index contributed by atoms with van der Waals surface area (Å²) in [5, 5.41) is 30.1. The molecule has 2 aliphatic heterocycles. The summed E-state index contributed by atoms with van der Waals surface area (Å²) >= 11 is 0. The lowest BCUT2D eigenvalue weighted by atomic mass is 9.86. The van der Waals surface area contributed by atoms with E-state index in [9.17, 15) is 24.0 Å². The standard InChI is InChI=1S/C40H59BN6O7/c1-27(2)22-32(38(50)45-33(14-8-9-18-42)40(52)47-20-15-29(16-21-47)37(49)43-19-17-41(53)54)25-36(48)34(23-28-10-4-3-5-11-28)46-39(51)35-24-30-12-6-7-13-31(30)26-44-35/h3-7,10-13,27,29,32-35,44,53-54H,8-9,14-26,42H2,1-2H3,(H,43,49)(H,45,50)(H,46,51)/t32-,33+,34+,35+/m0/s1. The molecule has 13 nitrogen and oxygen atoms in total. The molecular formula is C40H59BN6O7. The minimum absolute atomic E-state index is 0.0341. The molecular weight excluding hydrogens is 687 g/mol. The number of fused-ring (bicyclic) bond motifs is 1. The predicted octanol–water partition coefficient (Wildman–Crippen LogP) is 1.49. The van der Waals surface area contributed by atoms with Gasteiger partial charge in [0.2, 0.25) is 23.6 Å². The van der Waals surface area contributed by atoms with Crippen LogP contribution in [0.25, 0.3) is 0 Å². The number of ketones is 1. The molecule has 0 radical (unpaired) electrons. The Hall–Kier alpha value is -4.11. The summed E-state index contributed by atoms with van der Waals surface area (Å²) in [6.07, 6.45) is 3.74. The monoisotopic (exact) mass is 746 g/mol. The number of unbranched alkanes of at least 4 members (excludes halogenated alkanes) is 1. The number of nitrogens with one attached hydrogen (secondary N) is 4. The third-order valence-electron chi connectivity index (χ3n) is 10.4. The van der Waals surface area contributed by atoms with E-state index in [1.54, 1.807) is 4.90 Å². The first-order chi connectivity index (χ1) is 25.9. The molecule has 4 atom stereocenters. The molecule has 2 aromatic rings. The van der Waals surface area contributed by atoms with Crippen molar-refractivity contribution in [1.29, 1.82) is 0 Å². The maximum absolute atomic E-state index is 14.2. The number of nitrogens with zero attached hydrogens (tertiary/aromatic N) is 1. The molecule has 0 bridgehead atoms. The number of Topliss-reactive ketones (excluding diaryl/α,β-unsaturated/α-hetero) is 1. The molecule has 14 heteroatoms. The van der Waals surface area contributed by atoms with Crippen LogP contribution in [0.2, 0.25) is 6.32 Å². The Morgan fingerprint density at radius 3 is 2.26 bits per heavy atom. The fourth-order valence-corrected chi connectivity index (χ4v) is 7.34. The maximum atomic E-state index is 14.2.